The van der Waals surface area contributed by atoms with Gasteiger partial charge in [0.2, 0.25) is 5.95 Å². The van der Waals surface area contributed by atoms with E-state index in [9.17, 15) is 14.0 Å². The zero-order valence-corrected chi connectivity index (χ0v) is 19.3. The Bertz CT molecular complexity index is 1490. The van der Waals surface area contributed by atoms with Crippen LogP contribution in [-0.4, -0.2) is 27.4 Å². The molecule has 0 radical (unpaired) electrons. The SMILES string of the molecule is COc1ccc(Cn2c(N)c(C=NCc3ccc(-c4cccc(F)n4)cc3)c(=O)n(C)c2=O)cc1. The lowest BCUT2D eigenvalue weighted by molar-refractivity contribution is 0.414. The Morgan fingerprint density at radius 1 is 1.03 bits per heavy atom. The Kier molecular flexibility index (Phi) is 6.86. The highest BCUT2D eigenvalue weighted by atomic mass is 19.1. The molecule has 0 amide bonds. The number of nitrogen functional groups attached to an aromatic ring is 1. The highest BCUT2D eigenvalue weighted by Gasteiger charge is 2.14. The summed E-state index contributed by atoms with van der Waals surface area (Å²) in [5, 5.41) is 0. The van der Waals surface area contributed by atoms with Gasteiger partial charge in [-0.2, -0.15) is 4.39 Å². The van der Waals surface area contributed by atoms with E-state index >= 15 is 0 Å². The molecule has 0 aliphatic carbocycles. The summed E-state index contributed by atoms with van der Waals surface area (Å²) in [6.07, 6.45) is 1.39. The largest absolute Gasteiger partial charge is 0.497 e. The van der Waals surface area contributed by atoms with Gasteiger partial charge >= 0.3 is 5.69 Å². The van der Waals surface area contributed by atoms with Gasteiger partial charge in [0.25, 0.3) is 5.56 Å². The maximum atomic E-state index is 13.4. The minimum Gasteiger partial charge on any atom is -0.497 e. The molecule has 0 aliphatic heterocycles. The quantitative estimate of drug-likeness (QED) is 0.328. The maximum Gasteiger partial charge on any atom is 0.332 e. The smallest absolute Gasteiger partial charge is 0.332 e. The highest BCUT2D eigenvalue weighted by Crippen LogP contribution is 2.18. The molecule has 0 aliphatic rings. The van der Waals surface area contributed by atoms with E-state index in [1.165, 1.54) is 23.9 Å². The number of anilines is 1. The number of nitrogens with zero attached hydrogens (tertiary/aromatic N) is 4. The van der Waals surface area contributed by atoms with Crippen LogP contribution in [-0.2, 0) is 20.1 Å². The third-order valence-electron chi connectivity index (χ3n) is 5.58. The number of pyridine rings is 1. The summed E-state index contributed by atoms with van der Waals surface area (Å²) in [5.41, 5.74) is 8.36. The van der Waals surface area contributed by atoms with Crippen LogP contribution in [0.5, 0.6) is 5.75 Å². The molecule has 2 N–H and O–H groups in total. The van der Waals surface area contributed by atoms with Crippen LogP contribution in [0.3, 0.4) is 0 Å². The summed E-state index contributed by atoms with van der Waals surface area (Å²) >= 11 is 0. The van der Waals surface area contributed by atoms with Crippen molar-refractivity contribution in [3.05, 3.63) is 110 Å². The van der Waals surface area contributed by atoms with Gasteiger partial charge in [0.05, 0.1) is 31.5 Å². The van der Waals surface area contributed by atoms with E-state index in [0.717, 1.165) is 21.3 Å². The van der Waals surface area contributed by atoms with Gasteiger partial charge in [-0.05, 0) is 35.4 Å². The van der Waals surface area contributed by atoms with Crippen LogP contribution in [0.2, 0.25) is 0 Å². The van der Waals surface area contributed by atoms with Crippen molar-refractivity contribution in [1.82, 2.24) is 14.1 Å². The van der Waals surface area contributed by atoms with Gasteiger partial charge in [-0.3, -0.25) is 18.9 Å². The molecule has 8 nitrogen and oxygen atoms in total. The van der Waals surface area contributed by atoms with Crippen molar-refractivity contribution in [3.63, 3.8) is 0 Å². The van der Waals surface area contributed by atoms with Gasteiger partial charge in [0.1, 0.15) is 11.6 Å². The van der Waals surface area contributed by atoms with Crippen molar-refractivity contribution in [2.24, 2.45) is 12.0 Å². The van der Waals surface area contributed by atoms with Crippen molar-refractivity contribution in [1.29, 1.82) is 0 Å². The number of aliphatic imine (C=N–C) groups is 1. The second kappa shape index (κ2) is 10.2. The molecule has 0 bridgehead atoms. The zero-order valence-electron chi connectivity index (χ0n) is 19.3. The van der Waals surface area contributed by atoms with Gasteiger partial charge < -0.3 is 10.5 Å². The van der Waals surface area contributed by atoms with Crippen molar-refractivity contribution in [2.75, 3.05) is 12.8 Å². The second-order valence-electron chi connectivity index (χ2n) is 7.89. The van der Waals surface area contributed by atoms with Crippen LogP contribution >= 0.6 is 0 Å². The number of halogens is 1. The molecule has 4 rings (SSSR count). The Morgan fingerprint density at radius 3 is 2.37 bits per heavy atom. The Hall–Kier alpha value is -4.53. The average Bonchev–Trinajstić information content (AvgIpc) is 2.88. The summed E-state index contributed by atoms with van der Waals surface area (Å²) in [6, 6.07) is 19.2. The fourth-order valence-corrected chi connectivity index (χ4v) is 3.59. The number of aromatic nitrogens is 3. The monoisotopic (exact) mass is 473 g/mol. The zero-order chi connectivity index (χ0) is 24.9. The average molecular weight is 474 g/mol. The van der Waals surface area contributed by atoms with Gasteiger partial charge in [-0.15, -0.1) is 0 Å². The van der Waals surface area contributed by atoms with E-state index in [-0.39, 0.29) is 24.5 Å². The number of nitrogens with two attached hydrogens (primary N) is 1. The highest BCUT2D eigenvalue weighted by molar-refractivity contribution is 5.85. The Labute approximate surface area is 200 Å². The number of hydrogen-bond acceptors (Lipinski definition) is 6. The van der Waals surface area contributed by atoms with Crippen molar-refractivity contribution >= 4 is 12.0 Å². The molecule has 2 heterocycles. The molecular formula is C26H24FN5O3. The molecule has 0 unspecified atom stereocenters. The third-order valence-corrected chi connectivity index (χ3v) is 5.58. The van der Waals surface area contributed by atoms with Crippen molar-refractivity contribution in [3.8, 4) is 17.0 Å². The molecule has 9 heteroatoms. The van der Waals surface area contributed by atoms with Gasteiger partial charge in [-0.1, -0.05) is 42.5 Å². The van der Waals surface area contributed by atoms with E-state index in [0.29, 0.717) is 11.4 Å². The molecule has 2 aromatic heterocycles. The molecular weight excluding hydrogens is 449 g/mol. The first-order chi connectivity index (χ1) is 16.9. The van der Waals surface area contributed by atoms with E-state index in [1.807, 2.05) is 36.4 Å². The van der Waals surface area contributed by atoms with Crippen LogP contribution in [0, 0.1) is 5.95 Å². The second-order valence-corrected chi connectivity index (χ2v) is 7.89. The fraction of sp³-hybridized carbons (Fsp3) is 0.154. The van der Waals surface area contributed by atoms with Gasteiger partial charge in [0, 0.05) is 18.8 Å². The minimum absolute atomic E-state index is 0.0465. The van der Waals surface area contributed by atoms with Crippen LogP contribution in [0.25, 0.3) is 11.3 Å². The first-order valence-electron chi connectivity index (χ1n) is 10.8. The lowest BCUT2D eigenvalue weighted by atomic mass is 10.1. The van der Waals surface area contributed by atoms with Gasteiger partial charge in [0.15, 0.2) is 0 Å². The normalized spacial score (nSPS) is 11.2. The molecule has 0 saturated carbocycles. The molecule has 4 aromatic rings. The number of hydrogen-bond donors (Lipinski definition) is 1. The van der Waals surface area contributed by atoms with Crippen LogP contribution < -0.4 is 21.7 Å². The summed E-state index contributed by atoms with van der Waals surface area (Å²) < 4.78 is 20.9. The van der Waals surface area contributed by atoms with E-state index < -0.39 is 17.2 Å². The predicted octanol–water partition coefficient (Wildman–Crippen LogP) is 3.01. The predicted molar refractivity (Wildman–Crippen MR) is 133 cm³/mol. The molecule has 2 aromatic carbocycles. The Balaban J connectivity index is 1.56. The summed E-state index contributed by atoms with van der Waals surface area (Å²) in [4.78, 5) is 33.6. The number of ether oxygens (including phenoxy) is 1. The number of benzene rings is 2. The maximum absolute atomic E-state index is 13.4. The summed E-state index contributed by atoms with van der Waals surface area (Å²) in [7, 11) is 2.98. The first-order valence-corrected chi connectivity index (χ1v) is 10.8. The van der Waals surface area contributed by atoms with Gasteiger partial charge in [-0.25, -0.2) is 9.78 Å². The molecule has 178 valence electrons. The Morgan fingerprint density at radius 2 is 1.71 bits per heavy atom. The van der Waals surface area contributed by atoms with Crippen LogP contribution in [0.1, 0.15) is 16.7 Å². The summed E-state index contributed by atoms with van der Waals surface area (Å²) in [5.74, 6) is 0.205. The summed E-state index contributed by atoms with van der Waals surface area (Å²) in [6.45, 7) is 0.482. The van der Waals surface area contributed by atoms with E-state index in [2.05, 4.69) is 9.98 Å². The standard InChI is InChI=1S/C26H24FN5O3/c1-31-25(33)21(24(28)32(26(31)34)16-18-8-12-20(35-2)13-9-18)15-29-14-17-6-10-19(11-7-17)22-4-3-5-23(27)30-22/h3-13,15H,14,16,28H2,1-2H3. The first kappa shape index (κ1) is 23.6. The molecule has 0 spiro atoms. The number of methoxy groups -OCH3 is 1. The fourth-order valence-electron chi connectivity index (χ4n) is 3.59. The van der Waals surface area contributed by atoms with Crippen molar-refractivity contribution in [2.45, 2.75) is 13.1 Å². The molecule has 0 saturated heterocycles. The van der Waals surface area contributed by atoms with Crippen LogP contribution in [0.15, 0.2) is 81.3 Å². The molecule has 35 heavy (non-hydrogen) atoms. The lowest BCUT2D eigenvalue weighted by Gasteiger charge is -2.13. The third kappa shape index (κ3) is 5.19. The van der Waals surface area contributed by atoms with E-state index in [1.54, 1.807) is 31.4 Å². The topological polar surface area (TPSA) is 104 Å². The van der Waals surface area contributed by atoms with E-state index in [4.69, 9.17) is 10.5 Å². The lowest BCUT2D eigenvalue weighted by Crippen LogP contribution is -2.41. The van der Waals surface area contributed by atoms with Crippen molar-refractivity contribution < 1.29 is 9.13 Å². The minimum atomic E-state index is -0.538. The van der Waals surface area contributed by atoms with Crippen LogP contribution in [0.4, 0.5) is 10.2 Å². The molecule has 0 atom stereocenters. The number of rotatable bonds is 7. The molecule has 0 fully saturated rings.